The number of pyridine rings is 2. The van der Waals surface area contributed by atoms with Crippen LogP contribution in [-0.2, 0) is 25.6 Å². The summed E-state index contributed by atoms with van der Waals surface area (Å²) in [5, 5.41) is 6.88. The van der Waals surface area contributed by atoms with Crippen LogP contribution >= 0.6 is 0 Å². The molecule has 0 bridgehead atoms. The summed E-state index contributed by atoms with van der Waals surface area (Å²) in [5.74, 6) is 0.952. The molecule has 0 spiro atoms. The normalized spacial score (nSPS) is 17.4. The highest BCUT2D eigenvalue weighted by molar-refractivity contribution is 5.54. The van der Waals surface area contributed by atoms with E-state index in [1.807, 2.05) is 24.5 Å². The maximum atomic E-state index is 12.8. The molecular weight excluding hydrogens is 461 g/mol. The van der Waals surface area contributed by atoms with E-state index in [2.05, 4.69) is 51.0 Å². The lowest BCUT2D eigenvalue weighted by Crippen LogP contribution is -2.31. The SMILES string of the molecule is FC(F)(F)c1ccc(Cc2cccc(C=C3CCC(NCc4cnc5c(c4)CC=CN5)CC3)c2)nc1. The number of alkyl halides is 3. The van der Waals surface area contributed by atoms with Gasteiger partial charge in [0, 0.05) is 37.1 Å². The molecule has 36 heavy (non-hydrogen) atoms. The molecule has 1 aromatic carbocycles. The second-order valence-electron chi connectivity index (χ2n) is 9.52. The minimum Gasteiger partial charge on any atom is -0.347 e. The van der Waals surface area contributed by atoms with Crippen molar-refractivity contribution < 1.29 is 13.2 Å². The summed E-state index contributed by atoms with van der Waals surface area (Å²) in [5.41, 5.74) is 5.96. The fraction of sp³-hybridized carbons (Fsp3) is 0.310. The molecule has 2 aliphatic rings. The van der Waals surface area contributed by atoms with Crippen molar-refractivity contribution in [3.8, 4) is 0 Å². The van der Waals surface area contributed by atoms with Crippen molar-refractivity contribution in [3.05, 3.63) is 106 Å². The number of benzene rings is 1. The number of aromatic nitrogens is 2. The number of hydrogen-bond acceptors (Lipinski definition) is 4. The molecule has 1 aliphatic carbocycles. The number of halogens is 3. The van der Waals surface area contributed by atoms with Gasteiger partial charge in [0.2, 0.25) is 0 Å². The summed E-state index contributed by atoms with van der Waals surface area (Å²) in [6.07, 6.45) is 10.5. The van der Waals surface area contributed by atoms with E-state index < -0.39 is 11.7 Å². The van der Waals surface area contributed by atoms with Gasteiger partial charge < -0.3 is 10.6 Å². The summed E-state index contributed by atoms with van der Waals surface area (Å²) in [7, 11) is 0. The zero-order chi connectivity index (χ0) is 25.0. The number of anilines is 1. The third-order valence-corrected chi connectivity index (χ3v) is 6.78. The molecule has 2 aromatic heterocycles. The van der Waals surface area contributed by atoms with E-state index in [1.165, 1.54) is 22.8 Å². The molecule has 0 unspecified atom stereocenters. The lowest BCUT2D eigenvalue weighted by atomic mass is 9.89. The average molecular weight is 491 g/mol. The van der Waals surface area contributed by atoms with Gasteiger partial charge in [-0.2, -0.15) is 13.2 Å². The van der Waals surface area contributed by atoms with E-state index in [4.69, 9.17) is 0 Å². The predicted molar refractivity (Wildman–Crippen MR) is 136 cm³/mol. The van der Waals surface area contributed by atoms with Crippen molar-refractivity contribution in [1.29, 1.82) is 0 Å². The second kappa shape index (κ2) is 10.7. The smallest absolute Gasteiger partial charge is 0.347 e. The molecule has 5 rings (SSSR count). The highest BCUT2D eigenvalue weighted by atomic mass is 19.4. The lowest BCUT2D eigenvalue weighted by molar-refractivity contribution is -0.137. The van der Waals surface area contributed by atoms with E-state index >= 15 is 0 Å². The Labute approximate surface area is 209 Å². The minimum atomic E-state index is -4.36. The molecule has 0 atom stereocenters. The zero-order valence-corrected chi connectivity index (χ0v) is 20.0. The molecule has 7 heteroatoms. The van der Waals surface area contributed by atoms with Crippen LogP contribution in [0.2, 0.25) is 0 Å². The van der Waals surface area contributed by atoms with Crippen LogP contribution in [0.1, 0.15) is 59.2 Å². The molecule has 1 saturated carbocycles. The number of fused-ring (bicyclic) bond motifs is 1. The molecule has 1 aliphatic heterocycles. The summed E-state index contributed by atoms with van der Waals surface area (Å²) in [4.78, 5) is 8.53. The first kappa shape index (κ1) is 24.3. The maximum absolute atomic E-state index is 12.8. The van der Waals surface area contributed by atoms with Crippen LogP contribution < -0.4 is 10.6 Å². The third-order valence-electron chi connectivity index (χ3n) is 6.78. The second-order valence-corrected chi connectivity index (χ2v) is 9.52. The number of rotatable bonds is 6. The van der Waals surface area contributed by atoms with Crippen LogP contribution in [0.3, 0.4) is 0 Å². The van der Waals surface area contributed by atoms with E-state index in [1.54, 1.807) is 0 Å². The van der Waals surface area contributed by atoms with Gasteiger partial charge in [0.05, 0.1) is 5.56 Å². The molecule has 186 valence electrons. The lowest BCUT2D eigenvalue weighted by Gasteiger charge is -2.25. The largest absolute Gasteiger partial charge is 0.417 e. The molecule has 2 N–H and O–H groups in total. The molecule has 0 amide bonds. The van der Waals surface area contributed by atoms with Gasteiger partial charge in [-0.05, 0) is 78.8 Å². The number of nitrogens with zero attached hydrogens (tertiary/aromatic N) is 2. The van der Waals surface area contributed by atoms with Gasteiger partial charge in [-0.1, -0.05) is 42.0 Å². The third kappa shape index (κ3) is 6.21. The zero-order valence-electron chi connectivity index (χ0n) is 20.0. The van der Waals surface area contributed by atoms with Crippen LogP contribution in [0.4, 0.5) is 19.0 Å². The summed E-state index contributed by atoms with van der Waals surface area (Å²) >= 11 is 0. The van der Waals surface area contributed by atoms with E-state index in [0.29, 0.717) is 18.2 Å². The highest BCUT2D eigenvalue weighted by Gasteiger charge is 2.30. The first-order valence-corrected chi connectivity index (χ1v) is 12.4. The topological polar surface area (TPSA) is 49.8 Å². The van der Waals surface area contributed by atoms with Crippen LogP contribution in [0, 0.1) is 0 Å². The number of nitrogens with one attached hydrogen (secondary N) is 2. The number of hydrogen-bond donors (Lipinski definition) is 2. The standard InChI is InChI=1S/C29H29F3N4/c30-29(31,32)25-8-11-27(35-19-25)16-22-4-1-3-21(14-22)13-20-6-9-26(10-7-20)34-17-23-15-24-5-2-12-33-28(24)36-18-23/h1-4,8,11-15,18-19,26,34H,5-7,9-10,16-17H2,(H,33,36). The van der Waals surface area contributed by atoms with Gasteiger partial charge in [-0.15, -0.1) is 0 Å². The Hall–Kier alpha value is -3.45. The van der Waals surface area contributed by atoms with Crippen molar-refractivity contribution in [2.45, 2.75) is 57.3 Å². The number of allylic oxidation sites excluding steroid dienone is 2. The van der Waals surface area contributed by atoms with Crippen molar-refractivity contribution in [1.82, 2.24) is 15.3 Å². The quantitative estimate of drug-likeness (QED) is 0.405. The van der Waals surface area contributed by atoms with Gasteiger partial charge >= 0.3 is 6.18 Å². The molecule has 1 fully saturated rings. The van der Waals surface area contributed by atoms with Crippen LogP contribution in [0.25, 0.3) is 6.08 Å². The van der Waals surface area contributed by atoms with Gasteiger partial charge in [-0.25, -0.2) is 4.98 Å². The molecule has 3 aromatic rings. The maximum Gasteiger partial charge on any atom is 0.417 e. The Balaban J connectivity index is 1.13. The highest BCUT2D eigenvalue weighted by Crippen LogP contribution is 2.29. The summed E-state index contributed by atoms with van der Waals surface area (Å²) in [6.45, 7) is 0.827. The van der Waals surface area contributed by atoms with Gasteiger partial charge in [0.1, 0.15) is 5.82 Å². The van der Waals surface area contributed by atoms with Gasteiger partial charge in [0.25, 0.3) is 0 Å². The molecule has 4 nitrogen and oxygen atoms in total. The van der Waals surface area contributed by atoms with E-state index in [-0.39, 0.29) is 0 Å². The van der Waals surface area contributed by atoms with E-state index in [0.717, 1.165) is 67.9 Å². The van der Waals surface area contributed by atoms with Crippen LogP contribution in [0.15, 0.2) is 72.7 Å². The molecule has 0 radical (unpaired) electrons. The fourth-order valence-electron chi connectivity index (χ4n) is 4.80. The first-order chi connectivity index (χ1) is 17.4. The van der Waals surface area contributed by atoms with Crippen LogP contribution in [-0.4, -0.2) is 16.0 Å². The molecule has 3 heterocycles. The van der Waals surface area contributed by atoms with Crippen molar-refractivity contribution in [2.24, 2.45) is 0 Å². The molecule has 0 saturated heterocycles. The summed E-state index contributed by atoms with van der Waals surface area (Å²) in [6, 6.07) is 13.4. The first-order valence-electron chi connectivity index (χ1n) is 12.4. The van der Waals surface area contributed by atoms with Crippen molar-refractivity contribution in [3.63, 3.8) is 0 Å². The monoisotopic (exact) mass is 490 g/mol. The Kier molecular flexibility index (Phi) is 7.18. The average Bonchev–Trinajstić information content (AvgIpc) is 2.88. The molecular formula is C29H29F3N4. The van der Waals surface area contributed by atoms with E-state index in [9.17, 15) is 13.2 Å². The van der Waals surface area contributed by atoms with Crippen molar-refractivity contribution in [2.75, 3.05) is 5.32 Å². The van der Waals surface area contributed by atoms with Crippen molar-refractivity contribution >= 4 is 11.9 Å². The Morgan fingerprint density at radius 3 is 2.64 bits per heavy atom. The Morgan fingerprint density at radius 2 is 1.86 bits per heavy atom. The fourth-order valence-corrected chi connectivity index (χ4v) is 4.80. The Bertz CT molecular complexity index is 1250. The Morgan fingerprint density at radius 1 is 1.00 bits per heavy atom. The van der Waals surface area contributed by atoms with Gasteiger partial charge in [0.15, 0.2) is 0 Å². The van der Waals surface area contributed by atoms with Gasteiger partial charge in [-0.3, -0.25) is 4.98 Å². The predicted octanol–water partition coefficient (Wildman–Crippen LogP) is 6.68. The van der Waals surface area contributed by atoms with Crippen LogP contribution in [0.5, 0.6) is 0 Å². The summed E-state index contributed by atoms with van der Waals surface area (Å²) < 4.78 is 38.3. The minimum absolute atomic E-state index is 0.494.